The van der Waals surface area contributed by atoms with Crippen LogP contribution in [0.3, 0.4) is 0 Å². The number of amides is 1. The van der Waals surface area contributed by atoms with E-state index < -0.39 is 12.1 Å². The molecule has 1 aromatic heterocycles. The van der Waals surface area contributed by atoms with Gasteiger partial charge >= 0.3 is 12.1 Å². The highest BCUT2D eigenvalue weighted by atomic mass is 32.2. The quantitative estimate of drug-likeness (QED) is 0.363. The molecule has 0 spiro atoms. The van der Waals surface area contributed by atoms with Crippen molar-refractivity contribution in [2.75, 3.05) is 12.3 Å². The molecule has 0 aromatic carbocycles. The van der Waals surface area contributed by atoms with Gasteiger partial charge in [0.2, 0.25) is 0 Å². The van der Waals surface area contributed by atoms with Gasteiger partial charge in [0.05, 0.1) is 12.1 Å². The lowest BCUT2D eigenvalue weighted by atomic mass is 9.63. The summed E-state index contributed by atoms with van der Waals surface area (Å²) in [5.74, 6) is -0.467. The van der Waals surface area contributed by atoms with Gasteiger partial charge in [-0.3, -0.25) is 4.90 Å². The predicted octanol–water partition coefficient (Wildman–Crippen LogP) is 4.59. The van der Waals surface area contributed by atoms with Crippen molar-refractivity contribution in [1.29, 1.82) is 0 Å². The van der Waals surface area contributed by atoms with E-state index in [0.717, 1.165) is 32.1 Å². The molecule has 2 N–H and O–H groups in total. The van der Waals surface area contributed by atoms with Crippen molar-refractivity contribution < 1.29 is 24.5 Å². The zero-order valence-corrected chi connectivity index (χ0v) is 19.5. The number of ether oxygens (including phenoxy) is 1. The number of allylic oxidation sites excluding steroid dienone is 2. The summed E-state index contributed by atoms with van der Waals surface area (Å²) >= 11 is 2.70. The zero-order chi connectivity index (χ0) is 22.4. The van der Waals surface area contributed by atoms with Crippen LogP contribution in [0, 0.1) is 5.41 Å². The van der Waals surface area contributed by atoms with E-state index in [1.807, 2.05) is 19.1 Å². The van der Waals surface area contributed by atoms with Gasteiger partial charge in [0.15, 0.2) is 10.0 Å². The third-order valence-corrected chi connectivity index (χ3v) is 8.02. The highest BCUT2D eigenvalue weighted by Crippen LogP contribution is 2.47. The molecule has 1 unspecified atom stereocenters. The Bertz CT molecular complexity index is 834. The molecule has 2 fully saturated rings. The molecule has 1 aromatic rings. The van der Waals surface area contributed by atoms with E-state index in [4.69, 9.17) is 9.84 Å². The highest BCUT2D eigenvalue weighted by Gasteiger charge is 2.42. The lowest BCUT2D eigenvalue weighted by Gasteiger charge is -2.44. The second kappa shape index (κ2) is 10.7. The van der Waals surface area contributed by atoms with Crippen LogP contribution in [0.5, 0.6) is 0 Å². The van der Waals surface area contributed by atoms with E-state index in [0.29, 0.717) is 16.6 Å². The van der Waals surface area contributed by atoms with Gasteiger partial charge in [-0.2, -0.15) is 0 Å². The van der Waals surface area contributed by atoms with Crippen molar-refractivity contribution in [2.24, 2.45) is 5.41 Å². The normalized spacial score (nSPS) is 24.0. The van der Waals surface area contributed by atoms with Crippen molar-refractivity contribution >= 4 is 35.2 Å². The summed E-state index contributed by atoms with van der Waals surface area (Å²) < 4.78 is 6.07. The maximum absolute atomic E-state index is 12.3. The van der Waals surface area contributed by atoms with Crippen LogP contribution in [0.1, 0.15) is 56.4 Å². The van der Waals surface area contributed by atoms with Gasteiger partial charge in [0.25, 0.3) is 0 Å². The Kier molecular flexibility index (Phi) is 8.18. The molecule has 0 radical (unpaired) electrons. The topological polar surface area (TPSA) is 100.0 Å². The average Bonchev–Trinajstić information content (AvgIpc) is 3.27. The molecule has 2 heterocycles. The fourth-order valence-electron chi connectivity index (χ4n) is 3.98. The summed E-state index contributed by atoms with van der Waals surface area (Å²) in [6, 6.07) is -0.239. The molecular formula is C22H30N2O5S2. The molecule has 7 nitrogen and oxygen atoms in total. The Morgan fingerprint density at radius 2 is 2.26 bits per heavy atom. The van der Waals surface area contributed by atoms with Crippen molar-refractivity contribution in [1.82, 2.24) is 9.88 Å². The Labute approximate surface area is 191 Å². The standard InChI is InChI=1S/C22H30N2O5S2/c1-3-4-5-9-22(10-6-11-22)18(25)8-7-17-15(2)29-21(28)24(17)12-13-30-20-23-16(14-31-20)19(26)27/h4-5,7-8,14-15,17-18,25H,3,6,9-13H2,1-2H3,(H,26,27)/t15-,17-,18?/m0/s1. The molecule has 3 rings (SSSR count). The van der Waals surface area contributed by atoms with Gasteiger partial charge in [-0.15, -0.1) is 11.3 Å². The van der Waals surface area contributed by atoms with E-state index in [1.54, 1.807) is 4.90 Å². The van der Waals surface area contributed by atoms with E-state index >= 15 is 0 Å². The minimum absolute atomic E-state index is 0.0372. The Hall–Kier alpha value is -1.84. The number of hydrogen-bond donors (Lipinski definition) is 2. The van der Waals surface area contributed by atoms with Crippen molar-refractivity contribution in [3.05, 3.63) is 35.4 Å². The van der Waals surface area contributed by atoms with Crippen LogP contribution in [0.4, 0.5) is 4.79 Å². The van der Waals surface area contributed by atoms with Crippen molar-refractivity contribution in [2.45, 2.75) is 68.5 Å². The number of carbonyl (C=O) groups is 2. The molecule has 1 aliphatic carbocycles. The molecule has 1 amide bonds. The molecule has 3 atom stereocenters. The zero-order valence-electron chi connectivity index (χ0n) is 17.9. The number of aliphatic hydroxyl groups is 1. The van der Waals surface area contributed by atoms with Gasteiger partial charge in [-0.05, 0) is 32.6 Å². The minimum Gasteiger partial charge on any atom is -0.476 e. The van der Waals surface area contributed by atoms with Crippen LogP contribution in [0.2, 0.25) is 0 Å². The van der Waals surface area contributed by atoms with Gasteiger partial charge in [0.1, 0.15) is 6.10 Å². The Morgan fingerprint density at radius 1 is 1.48 bits per heavy atom. The van der Waals surface area contributed by atoms with Gasteiger partial charge < -0.3 is 14.9 Å². The SMILES string of the molecule is CCC=CCC1(C(O)C=C[C@H]2[C@H](C)OC(=O)N2CCSc2nc(C(=O)O)cs2)CCC1. The third-order valence-electron chi connectivity index (χ3n) is 6.02. The number of carbonyl (C=O) groups excluding carboxylic acids is 1. The largest absolute Gasteiger partial charge is 0.476 e. The van der Waals surface area contributed by atoms with Crippen LogP contribution in [0.15, 0.2) is 34.0 Å². The molecule has 1 aliphatic heterocycles. The molecule has 9 heteroatoms. The molecule has 31 heavy (non-hydrogen) atoms. The van der Waals surface area contributed by atoms with Crippen LogP contribution in [-0.4, -0.2) is 62.7 Å². The van der Waals surface area contributed by atoms with E-state index in [1.165, 1.54) is 28.5 Å². The van der Waals surface area contributed by atoms with Crippen LogP contribution < -0.4 is 0 Å². The number of aliphatic hydroxyl groups excluding tert-OH is 1. The van der Waals surface area contributed by atoms with E-state index in [-0.39, 0.29) is 29.3 Å². The summed E-state index contributed by atoms with van der Waals surface area (Å²) in [6.07, 6.45) is 11.8. The van der Waals surface area contributed by atoms with Gasteiger partial charge in [-0.25, -0.2) is 14.6 Å². The highest BCUT2D eigenvalue weighted by molar-refractivity contribution is 8.01. The first-order chi connectivity index (χ1) is 14.9. The first-order valence-electron chi connectivity index (χ1n) is 10.7. The number of cyclic esters (lactones) is 1. The molecule has 170 valence electrons. The number of thiazole rings is 1. The number of aromatic carboxylic acids is 1. The molecule has 0 bridgehead atoms. The van der Waals surface area contributed by atoms with Crippen LogP contribution in [-0.2, 0) is 4.74 Å². The summed E-state index contributed by atoms with van der Waals surface area (Å²) in [6.45, 7) is 4.41. The predicted molar refractivity (Wildman–Crippen MR) is 122 cm³/mol. The average molecular weight is 467 g/mol. The number of hydrogen-bond acceptors (Lipinski definition) is 7. The first-order valence-corrected chi connectivity index (χ1v) is 12.5. The van der Waals surface area contributed by atoms with E-state index in [9.17, 15) is 14.7 Å². The lowest BCUT2D eigenvalue weighted by molar-refractivity contribution is -0.00303. The maximum Gasteiger partial charge on any atom is 0.410 e. The summed E-state index contributed by atoms with van der Waals surface area (Å²) in [7, 11) is 0. The van der Waals surface area contributed by atoms with Crippen LogP contribution in [0.25, 0.3) is 0 Å². The fraction of sp³-hybridized carbons (Fsp3) is 0.591. The molecule has 1 saturated carbocycles. The first kappa shape index (κ1) is 23.8. The van der Waals surface area contributed by atoms with Crippen LogP contribution >= 0.6 is 23.1 Å². The molecule has 1 saturated heterocycles. The maximum atomic E-state index is 12.3. The second-order valence-corrected chi connectivity index (χ2v) is 10.3. The number of nitrogens with zero attached hydrogens (tertiary/aromatic N) is 2. The number of thioether (sulfide) groups is 1. The summed E-state index contributed by atoms with van der Waals surface area (Å²) in [5.41, 5.74) is -0.0578. The minimum atomic E-state index is -1.04. The van der Waals surface area contributed by atoms with Crippen molar-refractivity contribution in [3.63, 3.8) is 0 Å². The Morgan fingerprint density at radius 3 is 2.87 bits per heavy atom. The number of carboxylic acids is 1. The third kappa shape index (κ3) is 5.70. The smallest absolute Gasteiger partial charge is 0.410 e. The summed E-state index contributed by atoms with van der Waals surface area (Å²) in [5, 5.41) is 21.3. The monoisotopic (exact) mass is 466 g/mol. The number of aromatic nitrogens is 1. The number of rotatable bonds is 11. The lowest BCUT2D eigenvalue weighted by Crippen LogP contribution is -2.41. The van der Waals surface area contributed by atoms with Crippen molar-refractivity contribution in [3.8, 4) is 0 Å². The summed E-state index contributed by atoms with van der Waals surface area (Å²) in [4.78, 5) is 29.0. The fourth-order valence-corrected chi connectivity index (χ4v) is 5.79. The Balaban J connectivity index is 1.58. The van der Waals surface area contributed by atoms with Gasteiger partial charge in [0, 0.05) is 23.1 Å². The molecule has 2 aliphatic rings. The van der Waals surface area contributed by atoms with Gasteiger partial charge in [-0.1, -0.05) is 49.4 Å². The molecular weight excluding hydrogens is 436 g/mol. The van der Waals surface area contributed by atoms with E-state index in [2.05, 4.69) is 24.1 Å². The second-order valence-electron chi connectivity index (χ2n) is 8.05. The number of carboxylic acid groups (broad SMARTS) is 1.